The number of nitrogen functional groups attached to an aromatic ring is 1. The summed E-state index contributed by atoms with van der Waals surface area (Å²) in [5.41, 5.74) is 0.918. The van der Waals surface area contributed by atoms with Crippen LogP contribution in [0.4, 0.5) is 5.82 Å². The standard InChI is InChI=1S/C12H15N3O5/c1-3-12(6-16)8(17)11(2,19)9(20-12)15-5-4-7(13)14-10(15)18/h1,4-5,8-9,16-17,19H,6H2,2H3,(H2,13,14,18)/t8-,9+,11+,12+/m0/s1. The molecule has 1 aromatic heterocycles. The number of hydrogen-bond donors (Lipinski definition) is 4. The van der Waals surface area contributed by atoms with E-state index >= 15 is 0 Å². The fourth-order valence-corrected chi connectivity index (χ4v) is 2.22. The van der Waals surface area contributed by atoms with Crippen molar-refractivity contribution in [1.29, 1.82) is 0 Å². The van der Waals surface area contributed by atoms with Crippen LogP contribution in [0.15, 0.2) is 17.1 Å². The molecule has 1 fully saturated rings. The highest BCUT2D eigenvalue weighted by Gasteiger charge is 2.61. The molecule has 0 amide bonds. The van der Waals surface area contributed by atoms with Gasteiger partial charge in [-0.05, 0) is 13.0 Å². The van der Waals surface area contributed by atoms with Crippen molar-refractivity contribution in [3.8, 4) is 12.3 Å². The van der Waals surface area contributed by atoms with Crippen LogP contribution >= 0.6 is 0 Å². The number of aliphatic hydroxyl groups excluding tert-OH is 2. The van der Waals surface area contributed by atoms with E-state index in [1.165, 1.54) is 19.2 Å². The van der Waals surface area contributed by atoms with E-state index in [1.807, 2.05) is 0 Å². The zero-order chi connectivity index (χ0) is 15.1. The van der Waals surface area contributed by atoms with E-state index in [0.717, 1.165) is 4.57 Å². The highest BCUT2D eigenvalue weighted by molar-refractivity contribution is 5.25. The summed E-state index contributed by atoms with van der Waals surface area (Å²) >= 11 is 0. The van der Waals surface area contributed by atoms with Gasteiger partial charge in [-0.1, -0.05) is 5.92 Å². The van der Waals surface area contributed by atoms with Crippen molar-refractivity contribution >= 4 is 5.82 Å². The van der Waals surface area contributed by atoms with Gasteiger partial charge < -0.3 is 25.8 Å². The Morgan fingerprint density at radius 1 is 1.70 bits per heavy atom. The molecule has 2 heterocycles. The fourth-order valence-electron chi connectivity index (χ4n) is 2.22. The summed E-state index contributed by atoms with van der Waals surface area (Å²) in [4.78, 5) is 15.3. The Bertz CT molecular complexity index is 620. The van der Waals surface area contributed by atoms with Gasteiger partial charge in [0, 0.05) is 6.20 Å². The van der Waals surface area contributed by atoms with Crippen LogP contribution in [0.25, 0.3) is 0 Å². The first-order chi connectivity index (χ1) is 9.28. The van der Waals surface area contributed by atoms with E-state index in [-0.39, 0.29) is 5.82 Å². The van der Waals surface area contributed by atoms with E-state index in [0.29, 0.717) is 0 Å². The average Bonchev–Trinajstić information content (AvgIpc) is 2.60. The predicted molar refractivity (Wildman–Crippen MR) is 68.3 cm³/mol. The van der Waals surface area contributed by atoms with Crippen molar-refractivity contribution in [2.24, 2.45) is 0 Å². The van der Waals surface area contributed by atoms with Crippen molar-refractivity contribution in [3.05, 3.63) is 22.7 Å². The van der Waals surface area contributed by atoms with Crippen molar-refractivity contribution in [3.63, 3.8) is 0 Å². The molecule has 2 rings (SSSR count). The molecule has 20 heavy (non-hydrogen) atoms. The molecule has 108 valence electrons. The summed E-state index contributed by atoms with van der Waals surface area (Å²) in [5.74, 6) is 2.13. The van der Waals surface area contributed by atoms with E-state index in [9.17, 15) is 20.1 Å². The number of ether oxygens (including phenoxy) is 1. The predicted octanol–water partition coefficient (Wildman–Crippen LogP) is -2.17. The van der Waals surface area contributed by atoms with Crippen LogP contribution in [0, 0.1) is 12.3 Å². The number of aromatic nitrogens is 2. The Balaban J connectivity index is 2.53. The first-order valence-corrected chi connectivity index (χ1v) is 5.80. The lowest BCUT2D eigenvalue weighted by atomic mass is 9.88. The minimum atomic E-state index is -1.89. The Morgan fingerprint density at radius 2 is 2.35 bits per heavy atom. The van der Waals surface area contributed by atoms with Gasteiger partial charge in [0.2, 0.25) is 0 Å². The Kier molecular flexibility index (Phi) is 3.31. The molecule has 5 N–H and O–H groups in total. The number of terminal acetylenes is 1. The second-order valence-electron chi connectivity index (χ2n) is 4.83. The Labute approximate surface area is 114 Å². The Morgan fingerprint density at radius 3 is 2.80 bits per heavy atom. The molecule has 1 saturated heterocycles. The molecule has 0 radical (unpaired) electrons. The van der Waals surface area contributed by atoms with E-state index in [1.54, 1.807) is 0 Å². The molecule has 8 nitrogen and oxygen atoms in total. The number of hydrogen-bond acceptors (Lipinski definition) is 7. The minimum Gasteiger partial charge on any atom is -0.392 e. The zero-order valence-corrected chi connectivity index (χ0v) is 10.7. The van der Waals surface area contributed by atoms with Gasteiger partial charge in [-0.2, -0.15) is 4.98 Å². The quantitative estimate of drug-likeness (QED) is 0.454. The van der Waals surface area contributed by atoms with Gasteiger partial charge in [0.1, 0.15) is 17.5 Å². The van der Waals surface area contributed by atoms with Crippen LogP contribution in [0.3, 0.4) is 0 Å². The van der Waals surface area contributed by atoms with Crippen molar-refractivity contribution in [2.45, 2.75) is 30.5 Å². The van der Waals surface area contributed by atoms with Crippen molar-refractivity contribution in [2.75, 3.05) is 12.3 Å². The number of aliphatic hydroxyl groups is 3. The average molecular weight is 281 g/mol. The molecule has 0 unspecified atom stereocenters. The van der Waals surface area contributed by atoms with Gasteiger partial charge in [0.25, 0.3) is 0 Å². The molecule has 4 atom stereocenters. The summed E-state index contributed by atoms with van der Waals surface area (Å²) in [7, 11) is 0. The Hall–Kier alpha value is -1.92. The molecular formula is C12H15N3O5. The topological polar surface area (TPSA) is 131 Å². The van der Waals surface area contributed by atoms with Crippen LogP contribution in [0.1, 0.15) is 13.2 Å². The maximum Gasteiger partial charge on any atom is 0.351 e. The first kappa shape index (κ1) is 14.5. The zero-order valence-electron chi connectivity index (χ0n) is 10.7. The first-order valence-electron chi connectivity index (χ1n) is 5.80. The largest absolute Gasteiger partial charge is 0.392 e. The normalized spacial score (nSPS) is 36.8. The van der Waals surface area contributed by atoms with E-state index < -0.39 is 35.8 Å². The number of anilines is 1. The lowest BCUT2D eigenvalue weighted by Crippen LogP contribution is -2.51. The van der Waals surface area contributed by atoms with Crippen LogP contribution in [0.2, 0.25) is 0 Å². The van der Waals surface area contributed by atoms with Gasteiger partial charge in [-0.3, -0.25) is 4.57 Å². The summed E-state index contributed by atoms with van der Waals surface area (Å²) in [5, 5.41) is 29.8. The lowest BCUT2D eigenvalue weighted by molar-refractivity contribution is -0.107. The molecule has 0 aliphatic carbocycles. The van der Waals surface area contributed by atoms with E-state index in [4.69, 9.17) is 16.9 Å². The van der Waals surface area contributed by atoms with Gasteiger partial charge in [-0.25, -0.2) is 4.79 Å². The highest BCUT2D eigenvalue weighted by atomic mass is 16.6. The summed E-state index contributed by atoms with van der Waals surface area (Å²) in [6.45, 7) is 0.536. The molecular weight excluding hydrogens is 266 g/mol. The maximum atomic E-state index is 11.8. The van der Waals surface area contributed by atoms with Gasteiger partial charge in [-0.15, -0.1) is 6.42 Å². The highest BCUT2D eigenvalue weighted by Crippen LogP contribution is 2.43. The van der Waals surface area contributed by atoms with Crippen LogP contribution in [0.5, 0.6) is 0 Å². The molecule has 1 aliphatic rings. The smallest absolute Gasteiger partial charge is 0.351 e. The third kappa shape index (κ3) is 1.88. The van der Waals surface area contributed by atoms with Gasteiger partial charge in [0.05, 0.1) is 6.61 Å². The van der Waals surface area contributed by atoms with Gasteiger partial charge in [0.15, 0.2) is 11.8 Å². The van der Waals surface area contributed by atoms with Crippen LogP contribution < -0.4 is 11.4 Å². The third-order valence-corrected chi connectivity index (χ3v) is 3.40. The second kappa shape index (κ2) is 4.57. The maximum absolute atomic E-state index is 11.8. The number of nitrogens with two attached hydrogens (primary N) is 1. The molecule has 8 heteroatoms. The third-order valence-electron chi connectivity index (χ3n) is 3.40. The molecule has 1 aromatic rings. The molecule has 1 aliphatic heterocycles. The molecule has 0 saturated carbocycles. The van der Waals surface area contributed by atoms with Crippen LogP contribution in [-0.4, -0.2) is 48.8 Å². The molecule has 0 aromatic carbocycles. The van der Waals surface area contributed by atoms with Crippen LogP contribution in [-0.2, 0) is 4.74 Å². The minimum absolute atomic E-state index is 0.00908. The second-order valence-corrected chi connectivity index (χ2v) is 4.83. The number of rotatable bonds is 2. The van der Waals surface area contributed by atoms with E-state index in [2.05, 4.69) is 10.9 Å². The van der Waals surface area contributed by atoms with Gasteiger partial charge >= 0.3 is 5.69 Å². The van der Waals surface area contributed by atoms with Crippen molar-refractivity contribution < 1.29 is 20.1 Å². The number of nitrogens with zero attached hydrogens (tertiary/aromatic N) is 2. The molecule has 0 bridgehead atoms. The SMILES string of the molecule is C#C[C@]1(CO)O[C@@H](n2ccc(N)nc2=O)[C@](C)(O)[C@@H]1O. The summed E-state index contributed by atoms with van der Waals surface area (Å²) in [6, 6.07) is 1.34. The summed E-state index contributed by atoms with van der Waals surface area (Å²) in [6.07, 6.45) is 3.64. The fraction of sp³-hybridized carbons (Fsp3) is 0.500. The van der Waals surface area contributed by atoms with Crippen molar-refractivity contribution in [1.82, 2.24) is 9.55 Å². The lowest BCUT2D eigenvalue weighted by Gasteiger charge is -2.28. The monoisotopic (exact) mass is 281 g/mol. The molecule has 0 spiro atoms. The summed E-state index contributed by atoms with van der Waals surface area (Å²) < 4.78 is 6.33.